The fourth-order valence-electron chi connectivity index (χ4n) is 0.611. The minimum Gasteiger partial charge on any atom is -0.299 e. The zero-order valence-corrected chi connectivity index (χ0v) is 7.18. The summed E-state index contributed by atoms with van der Waals surface area (Å²) < 4.78 is 0. The van der Waals surface area contributed by atoms with Crippen molar-refractivity contribution < 1.29 is 4.79 Å². The van der Waals surface area contributed by atoms with Gasteiger partial charge in [0.25, 0.3) is 0 Å². The molecule has 0 bridgehead atoms. The molecule has 0 aromatic heterocycles. The Morgan fingerprint density at radius 3 is 2.82 bits per heavy atom. The second-order valence-corrected chi connectivity index (χ2v) is 2.39. The second kappa shape index (κ2) is 7.08. The number of rotatable bonds is 3. The van der Waals surface area contributed by atoms with E-state index in [1.54, 1.807) is 0 Å². The predicted octanol–water partition coefficient (Wildman–Crippen LogP) is 2.33. The maximum atomic E-state index is 9.96. The van der Waals surface area contributed by atoms with Gasteiger partial charge in [-0.25, -0.2) is 0 Å². The van der Waals surface area contributed by atoms with E-state index in [2.05, 4.69) is 18.8 Å². The van der Waals surface area contributed by atoms with Crippen molar-refractivity contribution in [1.29, 1.82) is 0 Å². The van der Waals surface area contributed by atoms with Gasteiger partial charge < -0.3 is 0 Å². The Labute approximate surface area is 68.5 Å². The highest BCUT2D eigenvalue weighted by molar-refractivity contribution is 5.67. The average molecular weight is 150 g/mol. The lowest BCUT2D eigenvalue weighted by atomic mass is 10.2. The van der Waals surface area contributed by atoms with E-state index in [4.69, 9.17) is 0 Å². The van der Waals surface area contributed by atoms with Crippen LogP contribution in [-0.2, 0) is 4.79 Å². The zero-order chi connectivity index (χ0) is 8.53. The van der Waals surface area contributed by atoms with E-state index in [9.17, 15) is 4.79 Å². The first-order chi connectivity index (χ1) is 5.31. The summed E-state index contributed by atoms with van der Waals surface area (Å²) in [5.74, 6) is 5.89. The van der Waals surface area contributed by atoms with Crippen LogP contribution in [0.25, 0.3) is 0 Å². The normalized spacial score (nSPS) is 10.2. The third-order valence-electron chi connectivity index (χ3n) is 1.26. The van der Waals surface area contributed by atoms with E-state index < -0.39 is 0 Å². The maximum Gasteiger partial charge on any atom is 0.143 e. The summed E-state index contributed by atoms with van der Waals surface area (Å²) in [4.78, 5) is 9.96. The van der Waals surface area contributed by atoms with Crippen molar-refractivity contribution in [3.05, 3.63) is 11.6 Å². The van der Waals surface area contributed by atoms with Gasteiger partial charge >= 0.3 is 0 Å². The van der Waals surface area contributed by atoms with Gasteiger partial charge in [-0.2, -0.15) is 0 Å². The maximum absolute atomic E-state index is 9.96. The summed E-state index contributed by atoms with van der Waals surface area (Å²) >= 11 is 0. The minimum atomic E-state index is 0.768. The number of aldehydes is 1. The SMILES string of the molecule is CCCCC#C/C(C)=C/C=O. The summed E-state index contributed by atoms with van der Waals surface area (Å²) in [6.45, 7) is 3.98. The standard InChI is InChI=1S/C10H14O/c1-3-4-5-6-7-10(2)8-9-11/h8-9H,3-5H2,1-2H3/b10-8+. The van der Waals surface area contributed by atoms with Crippen LogP contribution >= 0.6 is 0 Å². The van der Waals surface area contributed by atoms with Crippen LogP contribution in [0.5, 0.6) is 0 Å². The lowest BCUT2D eigenvalue weighted by molar-refractivity contribution is -0.104. The third-order valence-corrected chi connectivity index (χ3v) is 1.26. The van der Waals surface area contributed by atoms with E-state index in [-0.39, 0.29) is 0 Å². The number of hydrogen-bond donors (Lipinski definition) is 0. The largest absolute Gasteiger partial charge is 0.299 e. The summed E-state index contributed by atoms with van der Waals surface area (Å²) in [6.07, 6.45) is 5.50. The molecule has 0 fully saturated rings. The third kappa shape index (κ3) is 6.86. The molecule has 11 heavy (non-hydrogen) atoms. The first-order valence-corrected chi connectivity index (χ1v) is 3.92. The monoisotopic (exact) mass is 150 g/mol. The molecule has 1 nitrogen and oxygen atoms in total. The molecule has 0 N–H and O–H groups in total. The van der Waals surface area contributed by atoms with Crippen molar-refractivity contribution in [1.82, 2.24) is 0 Å². The van der Waals surface area contributed by atoms with Crippen molar-refractivity contribution in [2.24, 2.45) is 0 Å². The molecule has 1 heteroatoms. The van der Waals surface area contributed by atoms with Gasteiger partial charge in [-0.15, -0.1) is 0 Å². The first kappa shape index (κ1) is 9.97. The van der Waals surface area contributed by atoms with E-state index in [1.165, 1.54) is 12.5 Å². The van der Waals surface area contributed by atoms with Gasteiger partial charge in [0.05, 0.1) is 0 Å². The molecule has 60 valence electrons. The molecule has 0 aromatic carbocycles. The van der Waals surface area contributed by atoms with Crippen molar-refractivity contribution in [2.75, 3.05) is 0 Å². The predicted molar refractivity (Wildman–Crippen MR) is 47.1 cm³/mol. The molecule has 0 saturated heterocycles. The Hall–Kier alpha value is -1.03. The van der Waals surface area contributed by atoms with Crippen molar-refractivity contribution in [3.63, 3.8) is 0 Å². The van der Waals surface area contributed by atoms with Gasteiger partial charge in [0.1, 0.15) is 6.29 Å². The molecule has 0 spiro atoms. The highest BCUT2D eigenvalue weighted by Gasteiger charge is 1.78. The molecule has 0 aromatic rings. The van der Waals surface area contributed by atoms with Crippen molar-refractivity contribution in [3.8, 4) is 11.8 Å². The quantitative estimate of drug-likeness (QED) is 0.261. The van der Waals surface area contributed by atoms with E-state index in [1.807, 2.05) is 6.92 Å². The molecule has 0 unspecified atom stereocenters. The minimum absolute atomic E-state index is 0.768. The molecular formula is C10H14O. The van der Waals surface area contributed by atoms with Crippen LogP contribution < -0.4 is 0 Å². The van der Waals surface area contributed by atoms with E-state index in [0.29, 0.717) is 0 Å². The lowest BCUT2D eigenvalue weighted by Gasteiger charge is -1.84. The highest BCUT2D eigenvalue weighted by atomic mass is 16.1. The van der Waals surface area contributed by atoms with Crippen LogP contribution in [0.1, 0.15) is 33.1 Å². The Morgan fingerprint density at radius 1 is 1.55 bits per heavy atom. The van der Waals surface area contributed by atoms with Gasteiger partial charge in [-0.3, -0.25) is 4.79 Å². The Kier molecular flexibility index (Phi) is 6.42. The van der Waals surface area contributed by atoms with Crippen LogP contribution in [-0.4, -0.2) is 6.29 Å². The summed E-state index contributed by atoms with van der Waals surface area (Å²) in [5, 5.41) is 0. The topological polar surface area (TPSA) is 17.1 Å². The zero-order valence-electron chi connectivity index (χ0n) is 7.18. The second-order valence-electron chi connectivity index (χ2n) is 2.39. The van der Waals surface area contributed by atoms with Gasteiger partial charge in [0.2, 0.25) is 0 Å². The molecule has 0 amide bonds. The summed E-state index contributed by atoms with van der Waals surface area (Å²) in [7, 11) is 0. The van der Waals surface area contributed by atoms with Gasteiger partial charge in [-0.05, 0) is 19.4 Å². The van der Waals surface area contributed by atoms with Crippen LogP contribution in [0.2, 0.25) is 0 Å². The highest BCUT2D eigenvalue weighted by Crippen LogP contribution is 1.92. The first-order valence-electron chi connectivity index (χ1n) is 3.92. The van der Waals surface area contributed by atoms with E-state index >= 15 is 0 Å². The van der Waals surface area contributed by atoms with Crippen LogP contribution in [0, 0.1) is 11.8 Å². The number of unbranched alkanes of at least 4 members (excludes halogenated alkanes) is 2. The summed E-state index contributed by atoms with van der Waals surface area (Å²) in [5.41, 5.74) is 0.844. The molecule has 0 radical (unpaired) electrons. The number of allylic oxidation sites excluding steroid dienone is 2. The molecule has 0 atom stereocenters. The smallest absolute Gasteiger partial charge is 0.143 e. The molecule has 0 aliphatic heterocycles. The molecule has 0 aliphatic carbocycles. The number of carbonyl (C=O) groups excluding carboxylic acids is 1. The molecule has 0 aliphatic rings. The van der Waals surface area contributed by atoms with Crippen LogP contribution in [0.3, 0.4) is 0 Å². The lowest BCUT2D eigenvalue weighted by Crippen LogP contribution is -1.71. The molecule has 0 rings (SSSR count). The molecular weight excluding hydrogens is 136 g/mol. The van der Waals surface area contributed by atoms with Gasteiger partial charge in [-0.1, -0.05) is 25.2 Å². The van der Waals surface area contributed by atoms with Crippen LogP contribution in [0.15, 0.2) is 11.6 Å². The Morgan fingerprint density at radius 2 is 2.27 bits per heavy atom. The Bertz CT molecular complexity index is 191. The Balaban J connectivity index is 3.68. The van der Waals surface area contributed by atoms with Gasteiger partial charge in [0, 0.05) is 12.0 Å². The van der Waals surface area contributed by atoms with Crippen molar-refractivity contribution in [2.45, 2.75) is 33.1 Å². The van der Waals surface area contributed by atoms with Crippen LogP contribution in [0.4, 0.5) is 0 Å². The fourth-order valence-corrected chi connectivity index (χ4v) is 0.611. The average Bonchev–Trinajstić information content (AvgIpc) is 1.99. The van der Waals surface area contributed by atoms with E-state index in [0.717, 1.165) is 24.7 Å². The molecule has 0 heterocycles. The number of hydrogen-bond acceptors (Lipinski definition) is 1. The van der Waals surface area contributed by atoms with Crippen molar-refractivity contribution >= 4 is 6.29 Å². The molecule has 0 saturated carbocycles. The summed E-state index contributed by atoms with van der Waals surface area (Å²) in [6, 6.07) is 0. The van der Waals surface area contributed by atoms with Gasteiger partial charge in [0.15, 0.2) is 0 Å². The number of carbonyl (C=O) groups is 1. The fraction of sp³-hybridized carbons (Fsp3) is 0.500.